The number of methoxy groups -OCH3 is 1. The minimum Gasteiger partial charge on any atom is -0.494 e. The van der Waals surface area contributed by atoms with E-state index in [0.29, 0.717) is 35.6 Å². The molecule has 0 bridgehead atoms. The monoisotopic (exact) mass is 493 g/mol. The predicted octanol–water partition coefficient (Wildman–Crippen LogP) is 5.26. The van der Waals surface area contributed by atoms with Gasteiger partial charge in [0.1, 0.15) is 0 Å². The molecule has 4 N–H and O–H groups in total. The van der Waals surface area contributed by atoms with Crippen LogP contribution in [0.4, 0.5) is 27.9 Å². The van der Waals surface area contributed by atoms with Crippen LogP contribution in [0, 0.1) is 5.82 Å². The van der Waals surface area contributed by atoms with E-state index in [0.717, 1.165) is 32.2 Å². The number of anilines is 4. The van der Waals surface area contributed by atoms with Gasteiger partial charge in [-0.3, -0.25) is 0 Å². The van der Waals surface area contributed by atoms with Gasteiger partial charge in [0.2, 0.25) is 17.8 Å². The molecular weight excluding hydrogens is 457 g/mol. The highest BCUT2D eigenvalue weighted by atomic mass is 35.5. The van der Waals surface area contributed by atoms with Crippen molar-refractivity contribution in [3.05, 3.63) is 24.0 Å². The van der Waals surface area contributed by atoms with Crippen molar-refractivity contribution in [2.45, 2.75) is 82.8 Å². The molecule has 2 aliphatic rings. The summed E-state index contributed by atoms with van der Waals surface area (Å²) in [5.74, 6) is 1.21. The third-order valence-electron chi connectivity index (χ3n) is 6.57. The van der Waals surface area contributed by atoms with Crippen molar-refractivity contribution in [3.8, 4) is 5.75 Å². The van der Waals surface area contributed by atoms with Crippen LogP contribution in [-0.2, 0) is 0 Å². The van der Waals surface area contributed by atoms with Gasteiger partial charge in [-0.2, -0.15) is 15.0 Å². The second-order valence-corrected chi connectivity index (χ2v) is 8.98. The van der Waals surface area contributed by atoms with Crippen LogP contribution < -0.4 is 26.0 Å². The first-order valence-electron chi connectivity index (χ1n) is 12.3. The second-order valence-electron chi connectivity index (χ2n) is 8.98. The van der Waals surface area contributed by atoms with Gasteiger partial charge in [-0.15, -0.1) is 12.4 Å². The molecule has 0 spiro atoms. The molecule has 2 fully saturated rings. The molecular formula is C24H37ClFN7O. The highest BCUT2D eigenvalue weighted by Crippen LogP contribution is 2.25. The fraction of sp³-hybridized carbons (Fsp3) is 0.625. The fourth-order valence-corrected chi connectivity index (χ4v) is 4.75. The van der Waals surface area contributed by atoms with Crippen molar-refractivity contribution in [1.29, 1.82) is 0 Å². The predicted molar refractivity (Wildman–Crippen MR) is 137 cm³/mol. The quantitative estimate of drug-likeness (QED) is 0.351. The SMILES string of the molecule is CCC(Nc1nc(Nc2ccc(OC)c(F)c2)nc(NC2CCCCCC2)n1)C1CCCN1.Cl. The molecule has 0 radical (unpaired) electrons. The maximum Gasteiger partial charge on any atom is 0.233 e. The van der Waals surface area contributed by atoms with Crippen LogP contribution in [0.15, 0.2) is 18.2 Å². The summed E-state index contributed by atoms with van der Waals surface area (Å²) in [6.07, 6.45) is 10.5. The van der Waals surface area contributed by atoms with Gasteiger partial charge in [-0.1, -0.05) is 32.6 Å². The first kappa shape index (κ1) is 26.2. The van der Waals surface area contributed by atoms with Crippen LogP contribution in [-0.4, -0.2) is 46.7 Å². The summed E-state index contributed by atoms with van der Waals surface area (Å²) in [5, 5.41) is 13.7. The maximum absolute atomic E-state index is 14.2. The molecule has 1 aliphatic carbocycles. The molecule has 1 aromatic heterocycles. The lowest BCUT2D eigenvalue weighted by molar-refractivity contribution is 0.386. The Morgan fingerprint density at radius 3 is 2.41 bits per heavy atom. The number of hydrogen-bond acceptors (Lipinski definition) is 8. The third-order valence-corrected chi connectivity index (χ3v) is 6.57. The van der Waals surface area contributed by atoms with E-state index in [4.69, 9.17) is 9.72 Å². The van der Waals surface area contributed by atoms with Gasteiger partial charge < -0.3 is 26.0 Å². The number of hydrogen-bond donors (Lipinski definition) is 4. The average molecular weight is 494 g/mol. The van der Waals surface area contributed by atoms with E-state index in [1.54, 1.807) is 12.1 Å². The first-order valence-corrected chi connectivity index (χ1v) is 12.3. The Labute approximate surface area is 207 Å². The Kier molecular flexibility index (Phi) is 9.95. The van der Waals surface area contributed by atoms with Crippen LogP contribution in [0.25, 0.3) is 0 Å². The fourth-order valence-electron chi connectivity index (χ4n) is 4.75. The molecule has 1 saturated heterocycles. The van der Waals surface area contributed by atoms with Crippen molar-refractivity contribution in [2.24, 2.45) is 0 Å². The average Bonchev–Trinajstić information content (AvgIpc) is 3.22. The van der Waals surface area contributed by atoms with E-state index in [-0.39, 0.29) is 24.2 Å². The highest BCUT2D eigenvalue weighted by Gasteiger charge is 2.24. The van der Waals surface area contributed by atoms with Crippen molar-refractivity contribution in [3.63, 3.8) is 0 Å². The van der Waals surface area contributed by atoms with Crippen LogP contribution in [0.2, 0.25) is 0 Å². The molecule has 34 heavy (non-hydrogen) atoms. The largest absolute Gasteiger partial charge is 0.494 e. The molecule has 1 saturated carbocycles. The molecule has 1 aromatic carbocycles. The summed E-state index contributed by atoms with van der Waals surface area (Å²) in [5.41, 5.74) is 0.551. The molecule has 2 aromatic rings. The van der Waals surface area contributed by atoms with E-state index >= 15 is 0 Å². The number of aromatic nitrogens is 3. The zero-order chi connectivity index (χ0) is 23.0. The Balaban J connectivity index is 0.00000324. The lowest BCUT2D eigenvalue weighted by Crippen LogP contribution is -2.40. The van der Waals surface area contributed by atoms with E-state index < -0.39 is 5.82 Å². The summed E-state index contributed by atoms with van der Waals surface area (Å²) < 4.78 is 19.2. The van der Waals surface area contributed by atoms with Crippen LogP contribution in [0.1, 0.15) is 64.7 Å². The van der Waals surface area contributed by atoms with E-state index in [2.05, 4.69) is 38.2 Å². The molecule has 8 nitrogen and oxygen atoms in total. The van der Waals surface area contributed by atoms with E-state index in [1.165, 1.54) is 45.3 Å². The van der Waals surface area contributed by atoms with Gasteiger partial charge >= 0.3 is 0 Å². The molecule has 188 valence electrons. The zero-order valence-corrected chi connectivity index (χ0v) is 20.9. The minimum absolute atomic E-state index is 0. The second kappa shape index (κ2) is 12.9. The van der Waals surface area contributed by atoms with Crippen molar-refractivity contribution < 1.29 is 9.13 Å². The van der Waals surface area contributed by atoms with Gasteiger partial charge in [0.15, 0.2) is 11.6 Å². The molecule has 2 heterocycles. The minimum atomic E-state index is -0.440. The molecule has 1 aliphatic heterocycles. The number of ether oxygens (including phenoxy) is 1. The number of rotatable bonds is 9. The number of nitrogens with one attached hydrogen (secondary N) is 4. The number of nitrogens with zero attached hydrogens (tertiary/aromatic N) is 3. The van der Waals surface area contributed by atoms with Gasteiger partial charge in [-0.25, -0.2) is 4.39 Å². The standard InChI is InChI=1S/C24H36FN7O.ClH/c1-3-19(20-11-8-14-26-20)29-24-31-22(27-16-9-6-4-5-7-10-16)30-23(32-24)28-17-12-13-21(33-2)18(25)15-17;/h12-13,15-16,19-20,26H,3-11,14H2,1-2H3,(H3,27,28,29,30,31,32);1H. The Morgan fingerprint density at radius 1 is 1.03 bits per heavy atom. The molecule has 2 atom stereocenters. The van der Waals surface area contributed by atoms with Crippen molar-refractivity contribution >= 4 is 35.9 Å². The highest BCUT2D eigenvalue weighted by molar-refractivity contribution is 5.85. The topological polar surface area (TPSA) is 96.0 Å². The molecule has 2 unspecified atom stereocenters. The molecule has 10 heteroatoms. The first-order chi connectivity index (χ1) is 16.1. The Bertz CT molecular complexity index is 905. The normalized spacial score (nSPS) is 19.6. The van der Waals surface area contributed by atoms with Gasteiger partial charge in [0, 0.05) is 29.9 Å². The molecule has 4 rings (SSSR count). The van der Waals surface area contributed by atoms with Gasteiger partial charge in [0.05, 0.1) is 7.11 Å². The summed E-state index contributed by atoms with van der Waals surface area (Å²) in [6.45, 7) is 3.22. The zero-order valence-electron chi connectivity index (χ0n) is 20.1. The summed E-state index contributed by atoms with van der Waals surface area (Å²) >= 11 is 0. The van der Waals surface area contributed by atoms with E-state index in [1.807, 2.05) is 0 Å². The summed E-state index contributed by atoms with van der Waals surface area (Å²) in [4.78, 5) is 13.9. The Morgan fingerprint density at radius 2 is 1.76 bits per heavy atom. The number of benzene rings is 1. The lowest BCUT2D eigenvalue weighted by atomic mass is 10.0. The van der Waals surface area contributed by atoms with Crippen molar-refractivity contribution in [2.75, 3.05) is 29.6 Å². The lowest BCUT2D eigenvalue weighted by Gasteiger charge is -2.24. The smallest absolute Gasteiger partial charge is 0.233 e. The Hall–Kier alpha value is -2.39. The van der Waals surface area contributed by atoms with Gasteiger partial charge in [-0.05, 0) is 50.8 Å². The third kappa shape index (κ3) is 7.06. The number of halogens is 2. The summed E-state index contributed by atoms with van der Waals surface area (Å²) in [7, 11) is 1.45. The molecule has 0 amide bonds. The van der Waals surface area contributed by atoms with Crippen LogP contribution >= 0.6 is 12.4 Å². The summed E-state index contributed by atoms with van der Waals surface area (Å²) in [6, 6.07) is 5.69. The van der Waals surface area contributed by atoms with Crippen LogP contribution in [0.5, 0.6) is 5.75 Å². The van der Waals surface area contributed by atoms with E-state index in [9.17, 15) is 4.39 Å². The van der Waals surface area contributed by atoms with Gasteiger partial charge in [0.25, 0.3) is 0 Å². The van der Waals surface area contributed by atoms with Crippen molar-refractivity contribution in [1.82, 2.24) is 20.3 Å². The van der Waals surface area contributed by atoms with Crippen LogP contribution in [0.3, 0.4) is 0 Å². The maximum atomic E-state index is 14.2.